The fourth-order valence-electron chi connectivity index (χ4n) is 1.49. The summed E-state index contributed by atoms with van der Waals surface area (Å²) in [7, 11) is 0. The zero-order chi connectivity index (χ0) is 14.3. The Morgan fingerprint density at radius 2 is 1.79 bits per heavy atom. The Labute approximate surface area is 113 Å². The molecule has 0 saturated heterocycles. The number of nitrogens with zero attached hydrogens (tertiary/aromatic N) is 1. The number of hydrogen-bond acceptors (Lipinski definition) is 4. The van der Waals surface area contributed by atoms with E-state index in [4.69, 9.17) is 4.74 Å². The molecule has 0 fully saturated rings. The lowest BCUT2D eigenvalue weighted by Gasteiger charge is -2.19. The van der Waals surface area contributed by atoms with Crippen LogP contribution in [0.5, 0.6) is 0 Å². The van der Waals surface area contributed by atoms with Gasteiger partial charge in [-0.15, -0.1) is 0 Å². The molecule has 1 rings (SSSR count). The number of benzene rings is 1. The lowest BCUT2D eigenvalue weighted by atomic mass is 10.1. The van der Waals surface area contributed by atoms with Crippen LogP contribution in [0.3, 0.4) is 0 Å². The summed E-state index contributed by atoms with van der Waals surface area (Å²) in [5.74, 6) is 0. The normalized spacial score (nSPS) is 10.9. The predicted octanol–water partition coefficient (Wildman–Crippen LogP) is 3.02. The van der Waals surface area contributed by atoms with E-state index < -0.39 is 6.09 Å². The fourth-order valence-corrected chi connectivity index (χ4v) is 1.49. The van der Waals surface area contributed by atoms with Crippen molar-refractivity contribution in [2.75, 3.05) is 6.61 Å². The maximum absolute atomic E-state index is 11.4. The van der Waals surface area contributed by atoms with Crippen LogP contribution in [0.2, 0.25) is 0 Å². The monoisotopic (exact) mass is 264 g/mol. The Morgan fingerprint density at radius 3 is 2.32 bits per heavy atom. The zero-order valence-electron chi connectivity index (χ0n) is 11.6. The van der Waals surface area contributed by atoms with E-state index in [0.717, 1.165) is 11.1 Å². The highest BCUT2D eigenvalue weighted by Crippen LogP contribution is 2.07. The van der Waals surface area contributed by atoms with E-state index in [9.17, 15) is 9.70 Å². The van der Waals surface area contributed by atoms with Crippen molar-refractivity contribution in [2.24, 2.45) is 5.18 Å². The maximum atomic E-state index is 11.4. The third-order valence-electron chi connectivity index (χ3n) is 2.37. The second kappa shape index (κ2) is 6.87. The van der Waals surface area contributed by atoms with Crippen molar-refractivity contribution >= 4 is 6.09 Å². The van der Waals surface area contributed by atoms with E-state index in [2.05, 4.69) is 10.5 Å². The van der Waals surface area contributed by atoms with E-state index in [1.165, 1.54) is 0 Å². The van der Waals surface area contributed by atoms with E-state index in [0.29, 0.717) is 13.0 Å². The van der Waals surface area contributed by atoms with Gasteiger partial charge < -0.3 is 10.1 Å². The van der Waals surface area contributed by atoms with Gasteiger partial charge in [-0.05, 0) is 31.9 Å². The minimum atomic E-state index is -0.408. The second-order valence-electron chi connectivity index (χ2n) is 5.36. The van der Waals surface area contributed by atoms with Crippen molar-refractivity contribution in [1.29, 1.82) is 0 Å². The lowest BCUT2D eigenvalue weighted by Crippen LogP contribution is -2.41. The molecule has 0 aliphatic rings. The average Bonchev–Trinajstić information content (AvgIpc) is 2.29. The molecular formula is C14H20N2O3. The number of ether oxygens (including phenoxy) is 1. The Bertz CT molecular complexity index is 421. The summed E-state index contributed by atoms with van der Waals surface area (Å²) >= 11 is 0. The van der Waals surface area contributed by atoms with Crippen LogP contribution in [0.4, 0.5) is 4.79 Å². The predicted molar refractivity (Wildman–Crippen MR) is 73.9 cm³/mol. The Balaban J connectivity index is 2.33. The molecule has 1 aromatic rings. The molecule has 0 aliphatic carbocycles. The summed E-state index contributed by atoms with van der Waals surface area (Å²) in [6.07, 6.45) is 0.237. The molecule has 1 amide bonds. The maximum Gasteiger partial charge on any atom is 0.407 e. The smallest absolute Gasteiger partial charge is 0.407 e. The minimum absolute atomic E-state index is 0.185. The van der Waals surface area contributed by atoms with Gasteiger partial charge in [-0.25, -0.2) is 4.79 Å². The van der Waals surface area contributed by atoms with Crippen molar-refractivity contribution in [2.45, 2.75) is 39.3 Å². The third kappa shape index (κ3) is 6.55. The van der Waals surface area contributed by atoms with Crippen LogP contribution in [-0.4, -0.2) is 18.2 Å². The van der Waals surface area contributed by atoms with Gasteiger partial charge in [0.15, 0.2) is 0 Å². The van der Waals surface area contributed by atoms with Crippen LogP contribution in [0.15, 0.2) is 29.4 Å². The summed E-state index contributed by atoms with van der Waals surface area (Å²) in [6, 6.07) is 7.52. The molecular weight excluding hydrogens is 244 g/mol. The summed E-state index contributed by atoms with van der Waals surface area (Å²) in [6.45, 7) is 6.20. The Hall–Kier alpha value is -1.91. The van der Waals surface area contributed by atoms with Gasteiger partial charge in [-0.3, -0.25) is 0 Å². The molecule has 0 unspecified atom stereocenters. The summed E-state index contributed by atoms with van der Waals surface area (Å²) in [4.78, 5) is 21.5. The highest BCUT2D eigenvalue weighted by molar-refractivity contribution is 5.68. The van der Waals surface area contributed by atoms with Crippen LogP contribution in [-0.2, 0) is 17.7 Å². The third-order valence-corrected chi connectivity index (χ3v) is 2.37. The Morgan fingerprint density at radius 1 is 1.21 bits per heavy atom. The van der Waals surface area contributed by atoms with E-state index in [-0.39, 0.29) is 12.1 Å². The molecule has 0 aliphatic heterocycles. The number of nitroso groups, excluding NO2 is 1. The topological polar surface area (TPSA) is 67.8 Å². The van der Waals surface area contributed by atoms with Gasteiger partial charge >= 0.3 is 6.09 Å². The number of amides is 1. The van der Waals surface area contributed by atoms with Gasteiger partial charge in [0.05, 0.1) is 6.61 Å². The summed E-state index contributed by atoms with van der Waals surface area (Å²) in [5.41, 5.74) is 1.64. The van der Waals surface area contributed by atoms with Crippen LogP contribution in [0.25, 0.3) is 0 Å². The van der Waals surface area contributed by atoms with Gasteiger partial charge in [-0.2, -0.15) is 4.91 Å². The number of alkyl carbamates (subject to hydrolysis) is 1. The first-order valence-corrected chi connectivity index (χ1v) is 6.22. The standard InChI is InChI=1S/C14H20N2O3/c1-14(2,3)16-13(17)19-9-8-11-4-6-12(7-5-11)10-15-18/h4-7H,8-10H2,1-3H3,(H,16,17). The van der Waals surface area contributed by atoms with Crippen molar-refractivity contribution in [3.05, 3.63) is 40.3 Å². The van der Waals surface area contributed by atoms with E-state index in [1.807, 2.05) is 45.0 Å². The van der Waals surface area contributed by atoms with Gasteiger partial charge in [-0.1, -0.05) is 29.4 Å². The largest absolute Gasteiger partial charge is 0.449 e. The number of rotatable bonds is 5. The Kier molecular flexibility index (Phi) is 5.48. The summed E-state index contributed by atoms with van der Waals surface area (Å²) in [5, 5.41) is 5.55. The molecule has 0 saturated carbocycles. The molecule has 5 nitrogen and oxygen atoms in total. The zero-order valence-corrected chi connectivity index (χ0v) is 11.6. The number of carbonyl (C=O) groups excluding carboxylic acids is 1. The molecule has 0 aromatic heterocycles. The highest BCUT2D eigenvalue weighted by Gasteiger charge is 2.14. The van der Waals surface area contributed by atoms with Crippen LogP contribution < -0.4 is 5.32 Å². The molecule has 1 aromatic carbocycles. The number of carbonyl (C=O) groups is 1. The van der Waals surface area contributed by atoms with Crippen molar-refractivity contribution < 1.29 is 9.53 Å². The lowest BCUT2D eigenvalue weighted by molar-refractivity contribution is 0.139. The average molecular weight is 264 g/mol. The van der Waals surface area contributed by atoms with Crippen LogP contribution in [0, 0.1) is 4.91 Å². The molecule has 0 spiro atoms. The van der Waals surface area contributed by atoms with Crippen molar-refractivity contribution in [3.8, 4) is 0 Å². The molecule has 0 heterocycles. The first-order valence-electron chi connectivity index (χ1n) is 6.22. The SMILES string of the molecule is CC(C)(C)NC(=O)OCCc1ccc(CN=O)cc1. The quantitative estimate of drug-likeness (QED) is 0.831. The number of nitrogens with one attached hydrogen (secondary N) is 1. The molecule has 104 valence electrons. The van der Waals surface area contributed by atoms with Gasteiger partial charge in [0, 0.05) is 12.0 Å². The van der Waals surface area contributed by atoms with Crippen molar-refractivity contribution in [1.82, 2.24) is 5.32 Å². The first kappa shape index (κ1) is 15.1. The summed E-state index contributed by atoms with van der Waals surface area (Å²) < 4.78 is 5.08. The van der Waals surface area contributed by atoms with Crippen LogP contribution in [0.1, 0.15) is 31.9 Å². The number of hydrogen-bond donors (Lipinski definition) is 1. The molecule has 5 heteroatoms. The second-order valence-corrected chi connectivity index (χ2v) is 5.36. The van der Waals surface area contributed by atoms with Gasteiger partial charge in [0.25, 0.3) is 0 Å². The van der Waals surface area contributed by atoms with Gasteiger partial charge in [0.1, 0.15) is 6.54 Å². The highest BCUT2D eigenvalue weighted by atomic mass is 16.5. The first-order chi connectivity index (χ1) is 8.90. The van der Waals surface area contributed by atoms with Gasteiger partial charge in [0.2, 0.25) is 0 Å². The van der Waals surface area contributed by atoms with Crippen molar-refractivity contribution in [3.63, 3.8) is 0 Å². The van der Waals surface area contributed by atoms with Crippen LogP contribution >= 0.6 is 0 Å². The van der Waals surface area contributed by atoms with E-state index >= 15 is 0 Å². The molecule has 0 bridgehead atoms. The minimum Gasteiger partial charge on any atom is -0.449 e. The molecule has 1 N–H and O–H groups in total. The molecule has 0 atom stereocenters. The fraction of sp³-hybridized carbons (Fsp3) is 0.500. The molecule has 19 heavy (non-hydrogen) atoms. The van der Waals surface area contributed by atoms with E-state index in [1.54, 1.807) is 0 Å². The molecule has 0 radical (unpaired) electrons.